The molecule has 70 valence electrons. The summed E-state index contributed by atoms with van der Waals surface area (Å²) >= 11 is 0. The molecule has 0 aromatic rings. The average molecular weight is 171 g/mol. The minimum atomic E-state index is -0.323. The van der Waals surface area contributed by atoms with Crippen molar-refractivity contribution in [3.63, 3.8) is 0 Å². The van der Waals surface area contributed by atoms with Gasteiger partial charge in [-0.05, 0) is 32.6 Å². The van der Waals surface area contributed by atoms with E-state index in [2.05, 4.69) is 5.48 Å². The Morgan fingerprint density at radius 3 is 2.75 bits per heavy atom. The molecule has 2 N–H and O–H groups in total. The highest BCUT2D eigenvalue weighted by molar-refractivity contribution is 5.79. The van der Waals surface area contributed by atoms with Crippen LogP contribution in [0.4, 0.5) is 0 Å². The first-order chi connectivity index (χ1) is 5.56. The lowest BCUT2D eigenvalue weighted by Gasteiger charge is -2.34. The van der Waals surface area contributed by atoms with Gasteiger partial charge in [-0.2, -0.15) is 5.48 Å². The van der Waals surface area contributed by atoms with Gasteiger partial charge in [-0.15, -0.1) is 0 Å². The molecule has 3 nitrogen and oxygen atoms in total. The lowest BCUT2D eigenvalue weighted by molar-refractivity contribution is -0.123. The van der Waals surface area contributed by atoms with Crippen LogP contribution in [-0.2, 0) is 4.79 Å². The molecule has 0 saturated heterocycles. The summed E-state index contributed by atoms with van der Waals surface area (Å²) in [4.78, 5) is 11.1. The van der Waals surface area contributed by atoms with Crippen LogP contribution in [0.5, 0.6) is 0 Å². The molecule has 1 atom stereocenters. The smallest absolute Gasteiger partial charge is 0.133 e. The Morgan fingerprint density at radius 1 is 1.58 bits per heavy atom. The van der Waals surface area contributed by atoms with Crippen LogP contribution in [0.25, 0.3) is 0 Å². The molecule has 0 bridgehead atoms. The van der Waals surface area contributed by atoms with Crippen LogP contribution >= 0.6 is 0 Å². The fraction of sp³-hybridized carbons (Fsp3) is 0.889. The highest BCUT2D eigenvalue weighted by Crippen LogP contribution is 2.30. The first-order valence-corrected chi connectivity index (χ1v) is 4.49. The number of nitrogens with one attached hydrogen (secondary N) is 1. The van der Waals surface area contributed by atoms with E-state index in [1.807, 2.05) is 13.8 Å². The number of carbonyl (C=O) groups excluding carboxylic acids is 1. The van der Waals surface area contributed by atoms with Crippen molar-refractivity contribution in [3.05, 3.63) is 0 Å². The number of hydrogen-bond donors (Lipinski definition) is 2. The SMILES string of the molecule is CC(C)(NO)C1CCCC(=O)C1. The van der Waals surface area contributed by atoms with Crippen molar-refractivity contribution in [2.75, 3.05) is 0 Å². The van der Waals surface area contributed by atoms with Crippen LogP contribution < -0.4 is 5.48 Å². The molecule has 0 amide bonds. The first kappa shape index (κ1) is 9.68. The Bertz CT molecular complexity index is 177. The predicted octanol–water partition coefficient (Wildman–Crippen LogP) is 1.50. The van der Waals surface area contributed by atoms with Gasteiger partial charge in [0.2, 0.25) is 0 Å². The van der Waals surface area contributed by atoms with Crippen molar-refractivity contribution in [3.8, 4) is 0 Å². The van der Waals surface area contributed by atoms with Crippen LogP contribution in [0.2, 0.25) is 0 Å². The Labute approximate surface area is 73.1 Å². The van der Waals surface area contributed by atoms with E-state index >= 15 is 0 Å². The predicted molar refractivity (Wildman–Crippen MR) is 46.0 cm³/mol. The van der Waals surface area contributed by atoms with Crippen LogP contribution in [-0.4, -0.2) is 16.5 Å². The zero-order valence-corrected chi connectivity index (χ0v) is 7.76. The topological polar surface area (TPSA) is 49.3 Å². The molecule has 0 radical (unpaired) electrons. The lowest BCUT2D eigenvalue weighted by atomic mass is 9.77. The van der Waals surface area contributed by atoms with Crippen molar-refractivity contribution in [2.24, 2.45) is 5.92 Å². The molecule has 0 heterocycles. The summed E-state index contributed by atoms with van der Waals surface area (Å²) in [5.74, 6) is 0.610. The van der Waals surface area contributed by atoms with Crippen molar-refractivity contribution in [1.82, 2.24) is 5.48 Å². The third-order valence-electron chi connectivity index (χ3n) is 2.79. The van der Waals surface area contributed by atoms with E-state index in [1.165, 1.54) is 0 Å². The van der Waals surface area contributed by atoms with Gasteiger partial charge in [0, 0.05) is 18.4 Å². The second-order valence-corrected chi connectivity index (χ2v) is 4.17. The Kier molecular flexibility index (Phi) is 2.85. The fourth-order valence-electron chi connectivity index (χ4n) is 1.73. The van der Waals surface area contributed by atoms with E-state index < -0.39 is 0 Å². The fourth-order valence-corrected chi connectivity index (χ4v) is 1.73. The van der Waals surface area contributed by atoms with E-state index in [0.717, 1.165) is 19.3 Å². The number of hydroxylamine groups is 1. The largest absolute Gasteiger partial charge is 0.316 e. The molecule has 0 aromatic heterocycles. The number of Topliss-reactive ketones (excluding diaryl/α,β-unsaturated/α-hetero) is 1. The van der Waals surface area contributed by atoms with Crippen molar-refractivity contribution in [1.29, 1.82) is 0 Å². The summed E-state index contributed by atoms with van der Waals surface area (Å²) in [5, 5.41) is 8.87. The Balaban J connectivity index is 2.56. The van der Waals surface area contributed by atoms with E-state index in [9.17, 15) is 4.79 Å². The summed E-state index contributed by atoms with van der Waals surface area (Å²) in [7, 11) is 0. The average Bonchev–Trinajstić information content (AvgIpc) is 2.05. The minimum Gasteiger partial charge on any atom is -0.316 e. The number of ketones is 1. The van der Waals surface area contributed by atoms with Gasteiger partial charge in [0.25, 0.3) is 0 Å². The van der Waals surface area contributed by atoms with Gasteiger partial charge < -0.3 is 5.21 Å². The number of carbonyl (C=O) groups is 1. The van der Waals surface area contributed by atoms with E-state index in [1.54, 1.807) is 0 Å². The maximum atomic E-state index is 11.1. The van der Waals surface area contributed by atoms with Crippen molar-refractivity contribution in [2.45, 2.75) is 45.1 Å². The van der Waals surface area contributed by atoms with Gasteiger partial charge >= 0.3 is 0 Å². The van der Waals surface area contributed by atoms with Gasteiger partial charge in [0.1, 0.15) is 5.78 Å². The first-order valence-electron chi connectivity index (χ1n) is 4.49. The zero-order chi connectivity index (χ0) is 9.19. The molecule has 0 aromatic carbocycles. The zero-order valence-electron chi connectivity index (χ0n) is 7.76. The number of hydrogen-bond acceptors (Lipinski definition) is 3. The summed E-state index contributed by atoms with van der Waals surface area (Å²) in [6.07, 6.45) is 3.33. The maximum Gasteiger partial charge on any atom is 0.133 e. The normalized spacial score (nSPS) is 25.9. The second kappa shape index (κ2) is 3.54. The maximum absolute atomic E-state index is 11.1. The Morgan fingerprint density at radius 2 is 2.25 bits per heavy atom. The summed E-state index contributed by atoms with van der Waals surface area (Å²) in [6, 6.07) is 0. The minimum absolute atomic E-state index is 0.281. The highest BCUT2D eigenvalue weighted by atomic mass is 16.5. The summed E-state index contributed by atoms with van der Waals surface area (Å²) < 4.78 is 0. The molecule has 1 aliphatic carbocycles. The molecular weight excluding hydrogens is 154 g/mol. The van der Waals surface area contributed by atoms with E-state index in [-0.39, 0.29) is 11.5 Å². The van der Waals surface area contributed by atoms with Crippen LogP contribution in [0.1, 0.15) is 39.5 Å². The molecule has 12 heavy (non-hydrogen) atoms. The van der Waals surface area contributed by atoms with Crippen LogP contribution in [0.3, 0.4) is 0 Å². The van der Waals surface area contributed by atoms with Crippen LogP contribution in [0, 0.1) is 5.92 Å². The monoisotopic (exact) mass is 171 g/mol. The van der Waals surface area contributed by atoms with E-state index in [4.69, 9.17) is 5.21 Å². The molecule has 0 aliphatic heterocycles. The third kappa shape index (κ3) is 2.05. The lowest BCUT2D eigenvalue weighted by Crippen LogP contribution is -2.46. The van der Waals surface area contributed by atoms with Crippen LogP contribution in [0.15, 0.2) is 0 Å². The molecule has 0 spiro atoms. The standard InChI is InChI=1S/C9H17NO2/c1-9(2,10-12)7-4-3-5-8(11)6-7/h7,10,12H,3-6H2,1-2H3. The van der Waals surface area contributed by atoms with Gasteiger partial charge in [-0.3, -0.25) is 4.79 Å². The number of rotatable bonds is 2. The molecular formula is C9H17NO2. The quantitative estimate of drug-likeness (QED) is 0.619. The van der Waals surface area contributed by atoms with Crippen molar-refractivity contribution < 1.29 is 10.0 Å². The highest BCUT2D eigenvalue weighted by Gasteiger charge is 2.32. The van der Waals surface area contributed by atoms with Gasteiger partial charge in [0.05, 0.1) is 0 Å². The molecule has 1 unspecified atom stereocenters. The molecule has 3 heteroatoms. The molecule has 1 saturated carbocycles. The van der Waals surface area contributed by atoms with Gasteiger partial charge in [0.15, 0.2) is 0 Å². The second-order valence-electron chi connectivity index (χ2n) is 4.17. The van der Waals surface area contributed by atoms with Crippen molar-refractivity contribution >= 4 is 5.78 Å². The van der Waals surface area contributed by atoms with E-state index in [0.29, 0.717) is 12.2 Å². The summed E-state index contributed by atoms with van der Waals surface area (Å²) in [6.45, 7) is 3.85. The molecule has 1 fully saturated rings. The Hall–Kier alpha value is -0.410. The van der Waals surface area contributed by atoms with Gasteiger partial charge in [-0.25, -0.2) is 0 Å². The molecule has 1 aliphatic rings. The third-order valence-corrected chi connectivity index (χ3v) is 2.79. The summed E-state index contributed by atoms with van der Waals surface area (Å²) in [5.41, 5.74) is 1.96. The molecule has 1 rings (SSSR count). The van der Waals surface area contributed by atoms with Gasteiger partial charge in [-0.1, -0.05) is 0 Å².